The van der Waals surface area contributed by atoms with Gasteiger partial charge in [-0.1, -0.05) is 12.1 Å². The van der Waals surface area contributed by atoms with Crippen molar-refractivity contribution < 1.29 is 13.5 Å². The van der Waals surface area contributed by atoms with Crippen LogP contribution in [0, 0.1) is 25.5 Å². The zero-order valence-electron chi connectivity index (χ0n) is 18.1. The summed E-state index contributed by atoms with van der Waals surface area (Å²) in [6.07, 6.45) is 3.35. The largest absolute Gasteiger partial charge is 0.435 e. The van der Waals surface area contributed by atoms with E-state index in [1.54, 1.807) is 49.7 Å². The van der Waals surface area contributed by atoms with E-state index in [1.165, 1.54) is 24.3 Å². The Morgan fingerprint density at radius 1 is 1.12 bits per heavy atom. The summed E-state index contributed by atoms with van der Waals surface area (Å²) in [5.41, 5.74) is 11.9. The lowest BCUT2D eigenvalue weighted by atomic mass is 9.99. The standard InChI is InChI=1S/C23H21F2N7O/c1-12-10-15(24)11-13(2)19(12)28-21-20(29-22-27-8-5-9-32(21)22)18-16(6-4-7-17(18)25)23(26)31-30-14(3)33-23/h4-11,28,31H,26H2,1-3H3. The average Bonchev–Trinajstić information content (AvgIpc) is 3.30. The molecule has 2 aromatic heterocycles. The zero-order valence-corrected chi connectivity index (χ0v) is 18.1. The van der Waals surface area contributed by atoms with Crippen LogP contribution < -0.4 is 16.5 Å². The molecular weight excluding hydrogens is 428 g/mol. The van der Waals surface area contributed by atoms with E-state index in [0.717, 1.165) is 0 Å². The first-order valence-corrected chi connectivity index (χ1v) is 10.2. The van der Waals surface area contributed by atoms with Crippen LogP contribution in [0.4, 0.5) is 20.3 Å². The SMILES string of the molecule is CC1=NNC(N)(c2cccc(F)c2-c2nc3ncccn3c2Nc2c(C)cc(F)cc2C)O1. The van der Waals surface area contributed by atoms with Gasteiger partial charge < -0.3 is 10.1 Å². The molecule has 0 aliphatic carbocycles. The van der Waals surface area contributed by atoms with E-state index in [9.17, 15) is 4.39 Å². The van der Waals surface area contributed by atoms with Crippen molar-refractivity contribution in [3.63, 3.8) is 0 Å². The molecule has 5 rings (SSSR count). The van der Waals surface area contributed by atoms with Crippen LogP contribution >= 0.6 is 0 Å². The maximum Gasteiger partial charge on any atom is 0.280 e. The Morgan fingerprint density at radius 3 is 2.58 bits per heavy atom. The third-order valence-corrected chi connectivity index (χ3v) is 5.48. The summed E-state index contributed by atoms with van der Waals surface area (Å²) in [6, 6.07) is 9.10. The lowest BCUT2D eigenvalue weighted by molar-refractivity contribution is 0.0519. The van der Waals surface area contributed by atoms with Gasteiger partial charge in [0.15, 0.2) is 0 Å². The van der Waals surface area contributed by atoms with Crippen LogP contribution in [0.25, 0.3) is 17.0 Å². The molecule has 4 aromatic rings. The number of rotatable bonds is 4. The van der Waals surface area contributed by atoms with Crippen molar-refractivity contribution in [1.82, 2.24) is 19.8 Å². The molecule has 0 spiro atoms. The van der Waals surface area contributed by atoms with E-state index in [0.29, 0.717) is 39.9 Å². The number of halogens is 2. The minimum Gasteiger partial charge on any atom is -0.435 e. The number of ether oxygens (including phenoxy) is 1. The van der Waals surface area contributed by atoms with E-state index in [-0.39, 0.29) is 17.1 Å². The van der Waals surface area contributed by atoms with Crippen molar-refractivity contribution in [2.45, 2.75) is 26.6 Å². The number of aryl methyl sites for hydroxylation is 2. The summed E-state index contributed by atoms with van der Waals surface area (Å²) >= 11 is 0. The van der Waals surface area contributed by atoms with Gasteiger partial charge in [-0.3, -0.25) is 10.1 Å². The smallest absolute Gasteiger partial charge is 0.280 e. The topological polar surface area (TPSA) is 102 Å². The van der Waals surface area contributed by atoms with Gasteiger partial charge in [0.2, 0.25) is 11.7 Å². The van der Waals surface area contributed by atoms with Crippen LogP contribution in [-0.4, -0.2) is 20.3 Å². The predicted molar refractivity (Wildman–Crippen MR) is 121 cm³/mol. The summed E-state index contributed by atoms with van der Waals surface area (Å²) in [7, 11) is 0. The Bertz CT molecular complexity index is 1410. The monoisotopic (exact) mass is 449 g/mol. The Morgan fingerprint density at radius 2 is 1.88 bits per heavy atom. The maximum atomic E-state index is 15.4. The first-order chi connectivity index (χ1) is 15.8. The van der Waals surface area contributed by atoms with E-state index in [2.05, 4.69) is 25.8 Å². The number of aromatic nitrogens is 3. The van der Waals surface area contributed by atoms with Gasteiger partial charge in [0.25, 0.3) is 5.85 Å². The van der Waals surface area contributed by atoms with Crippen LogP contribution in [0.2, 0.25) is 0 Å². The number of hydrogen-bond donors (Lipinski definition) is 3. The summed E-state index contributed by atoms with van der Waals surface area (Å²) in [5.74, 6) is -1.35. The van der Waals surface area contributed by atoms with Gasteiger partial charge in [-0.2, -0.15) is 0 Å². The number of nitrogens with zero attached hydrogens (tertiary/aromatic N) is 4. The number of nitrogens with two attached hydrogens (primary N) is 1. The normalized spacial score (nSPS) is 17.6. The maximum absolute atomic E-state index is 15.4. The third-order valence-electron chi connectivity index (χ3n) is 5.48. The lowest BCUT2D eigenvalue weighted by Gasteiger charge is -2.26. The van der Waals surface area contributed by atoms with E-state index in [1.807, 2.05) is 0 Å². The van der Waals surface area contributed by atoms with Crippen LogP contribution in [0.15, 0.2) is 53.9 Å². The van der Waals surface area contributed by atoms with Crippen LogP contribution in [-0.2, 0) is 10.6 Å². The van der Waals surface area contributed by atoms with Gasteiger partial charge in [-0.15, -0.1) is 5.10 Å². The van der Waals surface area contributed by atoms with Crippen LogP contribution in [0.3, 0.4) is 0 Å². The van der Waals surface area contributed by atoms with Crippen LogP contribution in [0.5, 0.6) is 0 Å². The second kappa shape index (κ2) is 7.52. The molecule has 3 heterocycles. The second-order valence-electron chi connectivity index (χ2n) is 7.88. The third kappa shape index (κ3) is 3.44. The van der Waals surface area contributed by atoms with Gasteiger partial charge in [0.1, 0.15) is 23.1 Å². The molecule has 0 fully saturated rings. The molecule has 2 aromatic carbocycles. The summed E-state index contributed by atoms with van der Waals surface area (Å²) in [5, 5.41) is 7.32. The molecule has 1 atom stereocenters. The molecule has 168 valence electrons. The number of fused-ring (bicyclic) bond motifs is 1. The van der Waals surface area contributed by atoms with E-state index >= 15 is 4.39 Å². The van der Waals surface area contributed by atoms with Crippen LogP contribution in [0.1, 0.15) is 23.6 Å². The molecule has 8 nitrogen and oxygen atoms in total. The van der Waals surface area contributed by atoms with E-state index < -0.39 is 11.7 Å². The van der Waals surface area contributed by atoms with Crippen molar-refractivity contribution in [3.8, 4) is 11.3 Å². The number of benzene rings is 2. The minimum absolute atomic E-state index is 0.128. The van der Waals surface area contributed by atoms with Crippen molar-refractivity contribution in [3.05, 3.63) is 77.1 Å². The molecule has 1 unspecified atom stereocenters. The van der Waals surface area contributed by atoms with Gasteiger partial charge in [-0.25, -0.2) is 24.2 Å². The first-order valence-electron chi connectivity index (χ1n) is 10.2. The molecule has 0 saturated carbocycles. The molecule has 4 N–H and O–H groups in total. The van der Waals surface area contributed by atoms with Crippen molar-refractivity contribution in [1.29, 1.82) is 0 Å². The number of anilines is 2. The highest BCUT2D eigenvalue weighted by atomic mass is 19.1. The number of hydrazone groups is 1. The summed E-state index contributed by atoms with van der Waals surface area (Å²) in [6.45, 7) is 5.22. The first kappa shape index (κ1) is 20.8. The fraction of sp³-hybridized carbons (Fsp3) is 0.174. The predicted octanol–water partition coefficient (Wildman–Crippen LogP) is 4.06. The van der Waals surface area contributed by atoms with Gasteiger partial charge in [0.05, 0.1) is 5.56 Å². The lowest BCUT2D eigenvalue weighted by Crippen LogP contribution is -2.47. The molecule has 33 heavy (non-hydrogen) atoms. The van der Waals surface area contributed by atoms with Gasteiger partial charge >= 0.3 is 0 Å². The molecule has 0 saturated heterocycles. The number of imidazole rings is 1. The number of nitrogens with one attached hydrogen (secondary N) is 2. The Kier molecular flexibility index (Phi) is 4.75. The summed E-state index contributed by atoms with van der Waals surface area (Å²) in [4.78, 5) is 8.90. The molecule has 1 aliphatic rings. The highest BCUT2D eigenvalue weighted by molar-refractivity contribution is 5.83. The zero-order chi connectivity index (χ0) is 23.3. The molecule has 0 amide bonds. The molecule has 10 heteroatoms. The fourth-order valence-electron chi connectivity index (χ4n) is 4.04. The quantitative estimate of drug-likeness (QED) is 0.434. The van der Waals surface area contributed by atoms with Gasteiger partial charge in [0, 0.05) is 30.6 Å². The fourth-order valence-corrected chi connectivity index (χ4v) is 4.04. The highest BCUT2D eigenvalue weighted by Crippen LogP contribution is 2.39. The van der Waals surface area contributed by atoms with E-state index in [4.69, 9.17) is 10.5 Å². The Labute approximate surface area is 188 Å². The minimum atomic E-state index is -1.58. The molecular formula is C23H21F2N7O. The second-order valence-corrected chi connectivity index (χ2v) is 7.88. The molecule has 0 bridgehead atoms. The van der Waals surface area contributed by atoms with Crippen molar-refractivity contribution in [2.75, 3.05) is 5.32 Å². The van der Waals surface area contributed by atoms with Crippen molar-refractivity contribution in [2.24, 2.45) is 10.8 Å². The Balaban J connectivity index is 1.75. The molecule has 0 radical (unpaired) electrons. The van der Waals surface area contributed by atoms with Gasteiger partial charge in [-0.05, 0) is 49.2 Å². The van der Waals surface area contributed by atoms with Crippen molar-refractivity contribution >= 4 is 23.2 Å². The Hall–Kier alpha value is -4.05. The molecule has 1 aliphatic heterocycles. The number of hydrogen-bond acceptors (Lipinski definition) is 7. The average molecular weight is 449 g/mol. The summed E-state index contributed by atoms with van der Waals surface area (Å²) < 4.78 is 36.6. The highest BCUT2D eigenvalue weighted by Gasteiger charge is 2.39.